The van der Waals surface area contributed by atoms with Gasteiger partial charge < -0.3 is 10.6 Å². The molecule has 0 saturated heterocycles. The lowest BCUT2D eigenvalue weighted by molar-refractivity contribution is -0.136. The third kappa shape index (κ3) is 4.26. The van der Waals surface area contributed by atoms with Gasteiger partial charge in [0.1, 0.15) is 0 Å². The molecule has 1 rings (SSSR count). The fourth-order valence-corrected chi connectivity index (χ4v) is 1.56. The Labute approximate surface area is 101 Å². The van der Waals surface area contributed by atoms with Crippen LogP contribution in [0.5, 0.6) is 0 Å². The second-order valence-corrected chi connectivity index (χ2v) is 4.46. The van der Waals surface area contributed by atoms with Crippen molar-refractivity contribution in [3.63, 3.8) is 0 Å². The molecule has 2 amide bonds. The standard InChI is InChI=1S/C13H18N2O2/c1-8(2)14-12(16)13(17)15-11-6-9(3)5-10(4)7-11/h5-8H,1-4H3,(H,14,16)(H,15,17). The fourth-order valence-electron chi connectivity index (χ4n) is 1.56. The highest BCUT2D eigenvalue weighted by Gasteiger charge is 2.14. The van der Waals surface area contributed by atoms with Crippen LogP contribution >= 0.6 is 0 Å². The summed E-state index contributed by atoms with van der Waals surface area (Å²) in [7, 11) is 0. The van der Waals surface area contributed by atoms with E-state index in [-0.39, 0.29) is 6.04 Å². The van der Waals surface area contributed by atoms with Gasteiger partial charge in [0.2, 0.25) is 0 Å². The molecule has 0 aromatic heterocycles. The van der Waals surface area contributed by atoms with Crippen molar-refractivity contribution >= 4 is 17.5 Å². The summed E-state index contributed by atoms with van der Waals surface area (Å²) < 4.78 is 0. The van der Waals surface area contributed by atoms with Gasteiger partial charge in [0.25, 0.3) is 0 Å². The maximum Gasteiger partial charge on any atom is 0.313 e. The zero-order valence-corrected chi connectivity index (χ0v) is 10.6. The Morgan fingerprint density at radius 3 is 2.00 bits per heavy atom. The minimum atomic E-state index is -0.635. The molecule has 2 N–H and O–H groups in total. The summed E-state index contributed by atoms with van der Waals surface area (Å²) in [6.07, 6.45) is 0. The summed E-state index contributed by atoms with van der Waals surface area (Å²) >= 11 is 0. The van der Waals surface area contributed by atoms with Crippen LogP contribution in [0.25, 0.3) is 0 Å². The molecule has 0 aliphatic carbocycles. The van der Waals surface area contributed by atoms with Gasteiger partial charge in [-0.25, -0.2) is 0 Å². The number of benzene rings is 1. The lowest BCUT2D eigenvalue weighted by Gasteiger charge is -2.09. The van der Waals surface area contributed by atoms with E-state index in [0.29, 0.717) is 5.69 Å². The highest BCUT2D eigenvalue weighted by Crippen LogP contribution is 2.13. The smallest absolute Gasteiger partial charge is 0.313 e. The van der Waals surface area contributed by atoms with E-state index < -0.39 is 11.8 Å². The Hall–Kier alpha value is -1.84. The zero-order valence-electron chi connectivity index (χ0n) is 10.6. The van der Waals surface area contributed by atoms with Crippen molar-refractivity contribution in [1.82, 2.24) is 5.32 Å². The largest absolute Gasteiger partial charge is 0.346 e. The molecule has 1 aromatic rings. The molecule has 0 bridgehead atoms. The van der Waals surface area contributed by atoms with Gasteiger partial charge in [-0.15, -0.1) is 0 Å². The van der Waals surface area contributed by atoms with Crippen molar-refractivity contribution < 1.29 is 9.59 Å². The number of rotatable bonds is 2. The molecule has 92 valence electrons. The molecule has 0 radical (unpaired) electrons. The van der Waals surface area contributed by atoms with E-state index in [1.54, 1.807) is 0 Å². The molecule has 0 spiro atoms. The molecular weight excluding hydrogens is 216 g/mol. The van der Waals surface area contributed by atoms with Gasteiger partial charge in [0.05, 0.1) is 0 Å². The van der Waals surface area contributed by atoms with Gasteiger partial charge in [0.15, 0.2) is 0 Å². The van der Waals surface area contributed by atoms with Gasteiger partial charge in [-0.1, -0.05) is 6.07 Å². The van der Waals surface area contributed by atoms with Crippen molar-refractivity contribution in [1.29, 1.82) is 0 Å². The lowest BCUT2D eigenvalue weighted by atomic mass is 10.1. The second-order valence-electron chi connectivity index (χ2n) is 4.46. The number of nitrogens with one attached hydrogen (secondary N) is 2. The van der Waals surface area contributed by atoms with Gasteiger partial charge in [-0.2, -0.15) is 0 Å². The van der Waals surface area contributed by atoms with E-state index in [2.05, 4.69) is 10.6 Å². The van der Waals surface area contributed by atoms with Crippen molar-refractivity contribution in [3.8, 4) is 0 Å². The molecule has 4 nitrogen and oxygen atoms in total. The summed E-state index contributed by atoms with van der Waals surface area (Å²) in [4.78, 5) is 23.0. The molecule has 0 aliphatic rings. The van der Waals surface area contributed by atoms with E-state index in [1.165, 1.54) is 0 Å². The van der Waals surface area contributed by atoms with Crippen LogP contribution in [0.1, 0.15) is 25.0 Å². The quantitative estimate of drug-likeness (QED) is 0.766. The topological polar surface area (TPSA) is 58.2 Å². The highest BCUT2D eigenvalue weighted by molar-refractivity contribution is 6.39. The van der Waals surface area contributed by atoms with Crippen molar-refractivity contribution in [3.05, 3.63) is 29.3 Å². The number of amides is 2. The molecule has 4 heteroatoms. The molecule has 0 fully saturated rings. The first-order valence-electron chi connectivity index (χ1n) is 5.58. The molecule has 1 aromatic carbocycles. The minimum Gasteiger partial charge on any atom is -0.346 e. The zero-order chi connectivity index (χ0) is 13.0. The summed E-state index contributed by atoms with van der Waals surface area (Å²) in [6, 6.07) is 5.61. The Morgan fingerprint density at radius 1 is 1.00 bits per heavy atom. The van der Waals surface area contributed by atoms with Gasteiger partial charge >= 0.3 is 11.8 Å². The predicted octanol–water partition coefficient (Wildman–Crippen LogP) is 1.77. The third-order valence-corrected chi connectivity index (χ3v) is 2.11. The van der Waals surface area contributed by atoms with E-state index in [4.69, 9.17) is 0 Å². The van der Waals surface area contributed by atoms with Crippen LogP contribution in [0.3, 0.4) is 0 Å². The first kappa shape index (κ1) is 13.2. The average molecular weight is 234 g/mol. The van der Waals surface area contributed by atoms with E-state index in [0.717, 1.165) is 11.1 Å². The van der Waals surface area contributed by atoms with Crippen LogP contribution in [0, 0.1) is 13.8 Å². The third-order valence-electron chi connectivity index (χ3n) is 2.11. The SMILES string of the molecule is Cc1cc(C)cc(NC(=O)C(=O)NC(C)C)c1. The minimum absolute atomic E-state index is 0.0486. The maximum absolute atomic E-state index is 11.5. The van der Waals surface area contributed by atoms with E-state index in [1.807, 2.05) is 45.9 Å². The molecule has 17 heavy (non-hydrogen) atoms. The van der Waals surface area contributed by atoms with Crippen LogP contribution in [-0.2, 0) is 9.59 Å². The Balaban J connectivity index is 2.71. The maximum atomic E-state index is 11.5. The summed E-state index contributed by atoms with van der Waals surface area (Å²) in [5.74, 6) is -1.25. The lowest BCUT2D eigenvalue weighted by Crippen LogP contribution is -2.39. The Bertz CT molecular complexity index is 419. The number of hydrogen-bond donors (Lipinski definition) is 2. The van der Waals surface area contributed by atoms with E-state index in [9.17, 15) is 9.59 Å². The number of carbonyl (C=O) groups excluding carboxylic acids is 2. The van der Waals surface area contributed by atoms with Crippen molar-refractivity contribution in [2.45, 2.75) is 33.7 Å². The number of carbonyl (C=O) groups is 2. The van der Waals surface area contributed by atoms with Crippen LogP contribution in [-0.4, -0.2) is 17.9 Å². The second kappa shape index (κ2) is 5.48. The first-order chi connectivity index (χ1) is 7.88. The number of anilines is 1. The molecule has 0 unspecified atom stereocenters. The van der Waals surface area contributed by atoms with Gasteiger partial charge in [0, 0.05) is 11.7 Å². The Kier molecular flexibility index (Phi) is 4.26. The van der Waals surface area contributed by atoms with Gasteiger partial charge in [-0.05, 0) is 51.0 Å². The summed E-state index contributed by atoms with van der Waals surface area (Å²) in [6.45, 7) is 7.50. The highest BCUT2D eigenvalue weighted by atomic mass is 16.2. The average Bonchev–Trinajstić information content (AvgIpc) is 2.14. The van der Waals surface area contributed by atoms with Crippen LogP contribution in [0.2, 0.25) is 0 Å². The van der Waals surface area contributed by atoms with Gasteiger partial charge in [-0.3, -0.25) is 9.59 Å². The molecule has 0 saturated carbocycles. The van der Waals surface area contributed by atoms with Crippen LogP contribution in [0.15, 0.2) is 18.2 Å². The molecule has 0 aliphatic heterocycles. The summed E-state index contributed by atoms with van der Waals surface area (Å²) in [5.41, 5.74) is 2.74. The molecular formula is C13H18N2O2. The Morgan fingerprint density at radius 2 is 1.53 bits per heavy atom. The molecule has 0 heterocycles. The van der Waals surface area contributed by atoms with E-state index >= 15 is 0 Å². The van der Waals surface area contributed by atoms with Crippen LogP contribution in [0.4, 0.5) is 5.69 Å². The van der Waals surface area contributed by atoms with Crippen molar-refractivity contribution in [2.24, 2.45) is 0 Å². The normalized spacial score (nSPS) is 10.2. The summed E-state index contributed by atoms with van der Waals surface area (Å²) in [5, 5.41) is 5.12. The number of aryl methyl sites for hydroxylation is 2. The van der Waals surface area contributed by atoms with Crippen molar-refractivity contribution in [2.75, 3.05) is 5.32 Å². The fraction of sp³-hybridized carbons (Fsp3) is 0.385. The monoisotopic (exact) mass is 234 g/mol. The molecule has 0 atom stereocenters. The predicted molar refractivity (Wildman–Crippen MR) is 67.8 cm³/mol. The first-order valence-corrected chi connectivity index (χ1v) is 5.58. The number of hydrogen-bond acceptors (Lipinski definition) is 2. The van der Waals surface area contributed by atoms with Crippen LogP contribution < -0.4 is 10.6 Å².